The number of ketones is 1. The molecule has 0 aromatic carbocycles. The van der Waals surface area contributed by atoms with Crippen molar-refractivity contribution in [2.75, 3.05) is 63.9 Å². The van der Waals surface area contributed by atoms with Gasteiger partial charge in [-0.2, -0.15) is 0 Å². The molecule has 0 radical (unpaired) electrons. The van der Waals surface area contributed by atoms with Crippen molar-refractivity contribution in [2.45, 2.75) is 291 Å². The molecule has 0 aliphatic heterocycles. The lowest BCUT2D eigenvalue weighted by molar-refractivity contribution is -0.166. The molecule has 436 valence electrons. The quantitative estimate of drug-likeness (QED) is 0.0171. The van der Waals surface area contributed by atoms with Gasteiger partial charge in [-0.25, -0.2) is 15.2 Å². The Hall–Kier alpha value is -2.18. The van der Waals surface area contributed by atoms with E-state index in [2.05, 4.69) is 31.4 Å². The SMILES string of the molecule is CCCCCCCC[P+](CCCCCCCC)(CCCCCCCC)CCCCCCCCCCNCCCCCN(O)C(=O)CCC(=O)CCCCCCN(O)C(=O)CCC(=O)NCCCCCN(O)C(C)=O. The van der Waals surface area contributed by atoms with E-state index in [1.54, 1.807) is 24.6 Å². The van der Waals surface area contributed by atoms with Crippen molar-refractivity contribution in [1.82, 2.24) is 25.8 Å². The fraction of sp³-hybridized carbons (Fsp3) is 0.917. The van der Waals surface area contributed by atoms with Crippen LogP contribution in [0.3, 0.4) is 0 Å². The number of hydrogen-bond donors (Lipinski definition) is 5. The Morgan fingerprint density at radius 1 is 0.351 bits per heavy atom. The van der Waals surface area contributed by atoms with Crippen molar-refractivity contribution in [3.8, 4) is 0 Å². The minimum Gasteiger partial charge on any atom is -0.356 e. The number of rotatable bonds is 57. The summed E-state index contributed by atoms with van der Waals surface area (Å²) in [5, 5.41) is 38.0. The van der Waals surface area contributed by atoms with Crippen molar-refractivity contribution in [3.05, 3.63) is 0 Å². The van der Waals surface area contributed by atoms with Gasteiger partial charge < -0.3 is 10.6 Å². The smallest absolute Gasteiger partial charge is 0.246 e. The van der Waals surface area contributed by atoms with Gasteiger partial charge in [-0.1, -0.05) is 149 Å². The molecular formula is C60H119N5O8P+. The molecule has 74 heavy (non-hydrogen) atoms. The fourth-order valence-electron chi connectivity index (χ4n) is 10.00. The van der Waals surface area contributed by atoms with E-state index in [9.17, 15) is 39.6 Å². The minimum atomic E-state index is -0.847. The normalized spacial score (nSPS) is 11.6. The molecule has 0 aliphatic rings. The molecular weight excluding hydrogens is 950 g/mol. The summed E-state index contributed by atoms with van der Waals surface area (Å²) in [5.74, 6) is -1.65. The van der Waals surface area contributed by atoms with Crippen LogP contribution in [0.1, 0.15) is 291 Å². The summed E-state index contributed by atoms with van der Waals surface area (Å²) in [6, 6.07) is 0. The van der Waals surface area contributed by atoms with Gasteiger partial charge in [0.2, 0.25) is 23.6 Å². The Bertz CT molecular complexity index is 1300. The van der Waals surface area contributed by atoms with Gasteiger partial charge in [0.25, 0.3) is 0 Å². The van der Waals surface area contributed by atoms with Gasteiger partial charge >= 0.3 is 0 Å². The van der Waals surface area contributed by atoms with Crippen LogP contribution in [-0.2, 0) is 24.0 Å². The van der Waals surface area contributed by atoms with Gasteiger partial charge in [0.05, 0.1) is 24.6 Å². The molecule has 0 aromatic rings. The average Bonchev–Trinajstić information content (AvgIpc) is 3.39. The van der Waals surface area contributed by atoms with Gasteiger partial charge in [0.1, 0.15) is 5.78 Å². The van der Waals surface area contributed by atoms with E-state index in [-0.39, 0.29) is 57.0 Å². The van der Waals surface area contributed by atoms with Crippen LogP contribution in [0, 0.1) is 0 Å². The molecule has 4 amide bonds. The second-order valence-electron chi connectivity index (χ2n) is 22.0. The third-order valence-electron chi connectivity index (χ3n) is 15.0. The molecule has 0 atom stereocenters. The summed E-state index contributed by atoms with van der Waals surface area (Å²) in [6.07, 6.45) is 50.8. The van der Waals surface area contributed by atoms with E-state index in [1.165, 1.54) is 174 Å². The maximum absolute atomic E-state index is 12.4. The van der Waals surface area contributed by atoms with Crippen molar-refractivity contribution in [3.63, 3.8) is 0 Å². The third-order valence-corrected chi connectivity index (χ3v) is 20.0. The highest BCUT2D eigenvalue weighted by molar-refractivity contribution is 7.75. The highest BCUT2D eigenvalue weighted by Crippen LogP contribution is 2.61. The minimum absolute atomic E-state index is 0.00201. The predicted molar refractivity (Wildman–Crippen MR) is 310 cm³/mol. The molecule has 0 fully saturated rings. The lowest BCUT2D eigenvalue weighted by Crippen LogP contribution is -2.31. The van der Waals surface area contributed by atoms with Crippen LogP contribution in [-0.4, -0.2) is 124 Å². The lowest BCUT2D eigenvalue weighted by Gasteiger charge is -2.28. The zero-order chi connectivity index (χ0) is 54.6. The van der Waals surface area contributed by atoms with Gasteiger partial charge in [0, 0.05) is 72.5 Å². The van der Waals surface area contributed by atoms with Gasteiger partial charge in [0.15, 0.2) is 0 Å². The Labute approximate surface area is 455 Å². The van der Waals surface area contributed by atoms with Crippen LogP contribution in [0.5, 0.6) is 0 Å². The molecule has 0 heterocycles. The molecule has 0 saturated heterocycles. The third kappa shape index (κ3) is 46.0. The lowest BCUT2D eigenvalue weighted by atomic mass is 10.1. The second-order valence-corrected chi connectivity index (χ2v) is 26.4. The van der Waals surface area contributed by atoms with Gasteiger partial charge in [-0.05, 0) is 116 Å². The standard InChI is InChI=1S/C60H118N5O8P/c1-5-8-11-14-24-37-52-74(53-38-25-15-12-9-6-2,54-39-26-16-13-10-7-3)55-40-27-20-18-17-19-22-31-46-61-47-32-28-36-51-64(72)59(69)44-42-57(67)41-30-21-23-34-50-65(73)60(70)45-43-58(68)62-48-33-29-35-49-63(71)56(4)66/h61,71-73H,5-55H2,1-4H3/p+1. The van der Waals surface area contributed by atoms with Crippen LogP contribution >= 0.6 is 7.26 Å². The van der Waals surface area contributed by atoms with E-state index in [0.29, 0.717) is 48.8 Å². The molecule has 0 aromatic heterocycles. The maximum Gasteiger partial charge on any atom is 0.246 e. The summed E-state index contributed by atoms with van der Waals surface area (Å²) in [4.78, 5) is 60.0. The fourth-order valence-corrected chi connectivity index (χ4v) is 14.9. The van der Waals surface area contributed by atoms with Crippen LogP contribution in [0.25, 0.3) is 0 Å². The van der Waals surface area contributed by atoms with Crippen LogP contribution in [0.4, 0.5) is 0 Å². The highest BCUT2D eigenvalue weighted by Gasteiger charge is 2.35. The van der Waals surface area contributed by atoms with E-state index < -0.39 is 25.0 Å². The Morgan fingerprint density at radius 2 is 0.676 bits per heavy atom. The average molecular weight is 1070 g/mol. The summed E-state index contributed by atoms with van der Waals surface area (Å²) >= 11 is 0. The molecule has 0 spiro atoms. The largest absolute Gasteiger partial charge is 0.356 e. The number of unbranched alkanes of at least 4 members (excludes halogenated alkanes) is 29. The van der Waals surface area contributed by atoms with Crippen LogP contribution in [0.2, 0.25) is 0 Å². The van der Waals surface area contributed by atoms with Crippen molar-refractivity contribution < 1.29 is 39.6 Å². The summed E-state index contributed by atoms with van der Waals surface area (Å²) < 4.78 is 0. The van der Waals surface area contributed by atoms with Crippen molar-refractivity contribution >= 4 is 36.7 Å². The number of carbonyl (C=O) groups excluding carboxylic acids is 5. The Morgan fingerprint density at radius 3 is 1.09 bits per heavy atom. The highest BCUT2D eigenvalue weighted by atomic mass is 31.2. The number of Topliss-reactive ketones (excluding diaryl/α,β-unsaturated/α-hetero) is 1. The zero-order valence-electron chi connectivity index (χ0n) is 48.7. The molecule has 0 aliphatic carbocycles. The van der Waals surface area contributed by atoms with E-state index in [4.69, 9.17) is 0 Å². The number of hydroxylamine groups is 6. The summed E-state index contributed by atoms with van der Waals surface area (Å²) in [5.41, 5.74) is 0. The number of amides is 4. The van der Waals surface area contributed by atoms with Gasteiger partial charge in [-0.3, -0.25) is 39.6 Å². The number of hydrogen-bond acceptors (Lipinski definition) is 9. The van der Waals surface area contributed by atoms with E-state index in [1.807, 2.05) is 0 Å². The number of nitrogens with one attached hydrogen (secondary N) is 2. The van der Waals surface area contributed by atoms with Crippen LogP contribution < -0.4 is 10.6 Å². The topological polar surface area (TPSA) is 180 Å². The monoisotopic (exact) mass is 1070 g/mol. The Kier molecular flexibility index (Phi) is 51.3. The zero-order valence-corrected chi connectivity index (χ0v) is 49.6. The molecule has 14 heteroatoms. The molecule has 5 N–H and O–H groups in total. The molecule has 0 bridgehead atoms. The first kappa shape index (κ1) is 71.8. The molecule has 0 saturated carbocycles. The number of nitrogens with zero attached hydrogens (tertiary/aromatic N) is 3. The van der Waals surface area contributed by atoms with E-state index >= 15 is 0 Å². The maximum atomic E-state index is 12.4. The van der Waals surface area contributed by atoms with Crippen LogP contribution in [0.15, 0.2) is 0 Å². The first-order valence-corrected chi connectivity index (χ1v) is 33.7. The molecule has 13 nitrogen and oxygen atoms in total. The number of carbonyl (C=O) groups is 5. The second kappa shape index (κ2) is 52.9. The van der Waals surface area contributed by atoms with Crippen molar-refractivity contribution in [2.24, 2.45) is 0 Å². The van der Waals surface area contributed by atoms with Crippen molar-refractivity contribution in [1.29, 1.82) is 0 Å². The predicted octanol–water partition coefficient (Wildman–Crippen LogP) is 15.0. The first-order chi connectivity index (χ1) is 35.9. The molecule has 0 rings (SSSR count). The van der Waals surface area contributed by atoms with E-state index in [0.717, 1.165) is 56.7 Å². The summed E-state index contributed by atoms with van der Waals surface area (Å²) in [6.45, 7) is 11.4. The molecule has 0 unspecified atom stereocenters. The Balaban J connectivity index is 4.06. The van der Waals surface area contributed by atoms with Gasteiger partial charge in [-0.15, -0.1) is 0 Å². The summed E-state index contributed by atoms with van der Waals surface area (Å²) in [7, 11) is -0.847. The first-order valence-electron chi connectivity index (χ1n) is 31.2.